The van der Waals surface area contributed by atoms with Gasteiger partial charge in [0.05, 0.1) is 28.5 Å². The van der Waals surface area contributed by atoms with E-state index in [1.165, 1.54) is 12.3 Å². The minimum atomic E-state index is -5.04. The van der Waals surface area contributed by atoms with Crippen LogP contribution in [-0.4, -0.2) is 82.7 Å². The number of imidazole rings is 1. The molecule has 0 radical (unpaired) electrons. The van der Waals surface area contributed by atoms with Crippen LogP contribution < -0.4 is 15.0 Å². The molecule has 2 aliphatic rings. The zero-order valence-electron chi connectivity index (χ0n) is 29.4. The molecule has 2 fully saturated rings. The molecular weight excluding hydrogens is 718 g/mol. The average Bonchev–Trinajstić information content (AvgIpc) is 3.64. The number of likely N-dealkylation sites (tertiary alicyclic amines) is 1. The van der Waals surface area contributed by atoms with Gasteiger partial charge < -0.3 is 24.8 Å². The Hall–Kier alpha value is -4.33. The highest BCUT2D eigenvalue weighted by Crippen LogP contribution is 2.40. The van der Waals surface area contributed by atoms with Crippen LogP contribution in [0.15, 0.2) is 54.7 Å². The number of carbonyl (C=O) groups excluding carboxylic acids is 2. The zero-order chi connectivity index (χ0) is 37.5. The fraction of sp³-hybridized carbons (Fsp3) is 0.405. The molecule has 6 rings (SSSR count). The van der Waals surface area contributed by atoms with Crippen molar-refractivity contribution in [3.63, 3.8) is 0 Å². The second kappa shape index (κ2) is 14.6. The number of anilines is 2. The number of nitrogens with one attached hydrogen (secondary N) is 2. The maximum Gasteiger partial charge on any atom is 0.573 e. The molecule has 2 aromatic carbocycles. The summed E-state index contributed by atoms with van der Waals surface area (Å²) >= 11 is 13.1. The molecule has 15 heteroatoms. The third kappa shape index (κ3) is 8.32. The third-order valence-electron chi connectivity index (χ3n) is 9.30. The molecule has 0 bridgehead atoms. The molecule has 2 N–H and O–H groups in total. The number of nitrogens with zero attached hydrogens (tertiary/aromatic N) is 5. The van der Waals surface area contributed by atoms with Crippen LogP contribution in [0.5, 0.6) is 5.75 Å². The van der Waals surface area contributed by atoms with E-state index in [9.17, 15) is 22.8 Å². The summed E-state index contributed by atoms with van der Waals surface area (Å²) in [6.07, 6.45) is -2.64. The van der Waals surface area contributed by atoms with Gasteiger partial charge in [-0.3, -0.25) is 14.5 Å². The van der Waals surface area contributed by atoms with Crippen LogP contribution in [0.2, 0.25) is 10.2 Å². The number of pyridine rings is 1. The summed E-state index contributed by atoms with van der Waals surface area (Å²) in [4.78, 5) is 44.4. The van der Waals surface area contributed by atoms with Crippen molar-refractivity contribution in [3.05, 3.63) is 76.3 Å². The van der Waals surface area contributed by atoms with Crippen LogP contribution in [0, 0.1) is 11.3 Å². The van der Waals surface area contributed by atoms with E-state index >= 15 is 0 Å². The van der Waals surface area contributed by atoms with Crippen molar-refractivity contribution in [2.24, 2.45) is 11.3 Å². The summed E-state index contributed by atoms with van der Waals surface area (Å²) in [7, 11) is 2.04. The van der Waals surface area contributed by atoms with E-state index < -0.39 is 23.4 Å². The number of alkyl halides is 3. The summed E-state index contributed by atoms with van der Waals surface area (Å²) in [5.74, 6) is 0.709. The fourth-order valence-corrected chi connectivity index (χ4v) is 7.22. The average molecular weight is 759 g/mol. The minimum Gasteiger partial charge on any atom is -0.405 e. The summed E-state index contributed by atoms with van der Waals surface area (Å²) in [6, 6.07) is 12.4. The third-order valence-corrected chi connectivity index (χ3v) is 9.88. The van der Waals surface area contributed by atoms with E-state index in [-0.39, 0.29) is 28.1 Å². The van der Waals surface area contributed by atoms with Crippen molar-refractivity contribution >= 4 is 46.5 Å². The van der Waals surface area contributed by atoms with E-state index in [2.05, 4.69) is 31.8 Å². The van der Waals surface area contributed by atoms with Gasteiger partial charge in [0.2, 0.25) is 5.91 Å². The number of rotatable bonds is 7. The number of ether oxygens (including phenoxy) is 1. The molecule has 2 aromatic heterocycles. The van der Waals surface area contributed by atoms with Crippen LogP contribution in [0.25, 0.3) is 22.4 Å². The van der Waals surface area contributed by atoms with Crippen molar-refractivity contribution in [1.29, 1.82) is 0 Å². The zero-order valence-corrected chi connectivity index (χ0v) is 31.0. The van der Waals surface area contributed by atoms with Crippen molar-refractivity contribution in [2.45, 2.75) is 46.5 Å². The number of amides is 2. The Labute approximate surface area is 310 Å². The minimum absolute atomic E-state index is 0.0381. The number of benzene rings is 2. The Morgan fingerprint density at radius 1 is 0.981 bits per heavy atom. The van der Waals surface area contributed by atoms with E-state index in [1.807, 2.05) is 37.6 Å². The Kier molecular flexibility index (Phi) is 10.5. The fourth-order valence-electron chi connectivity index (χ4n) is 6.72. The SMILES string of the molecule is CC1CC(c2nc(-c3ccc(-c4cc(Cl)c(C(=O)Nc5ccc(N6CCN(C(=O)C(C)(C)C)CC6)nc5)cc4OC(F)(F)F)cc3)c(Cl)[nH]2)N(C)C1. The highest BCUT2D eigenvalue weighted by atomic mass is 35.5. The lowest BCUT2D eigenvalue weighted by Crippen LogP contribution is -2.51. The lowest BCUT2D eigenvalue weighted by molar-refractivity contribution is -0.274. The molecule has 52 heavy (non-hydrogen) atoms. The normalized spacial score (nSPS) is 18.5. The number of hydrogen-bond acceptors (Lipinski definition) is 7. The van der Waals surface area contributed by atoms with Crippen LogP contribution >= 0.6 is 23.2 Å². The van der Waals surface area contributed by atoms with Crippen LogP contribution in [0.3, 0.4) is 0 Å². The largest absolute Gasteiger partial charge is 0.573 e. The Balaban J connectivity index is 1.18. The smallest absolute Gasteiger partial charge is 0.405 e. The summed E-state index contributed by atoms with van der Waals surface area (Å²) < 4.78 is 45.2. The second-order valence-corrected chi connectivity index (χ2v) is 15.2. The van der Waals surface area contributed by atoms with Crippen molar-refractivity contribution in [1.82, 2.24) is 24.8 Å². The van der Waals surface area contributed by atoms with Gasteiger partial charge in [-0.25, -0.2) is 9.97 Å². The van der Waals surface area contributed by atoms with Gasteiger partial charge >= 0.3 is 6.36 Å². The molecule has 276 valence electrons. The lowest BCUT2D eigenvalue weighted by atomic mass is 9.94. The summed E-state index contributed by atoms with van der Waals surface area (Å²) in [5.41, 5.74) is 1.26. The van der Waals surface area contributed by atoms with Gasteiger partial charge in [-0.05, 0) is 49.2 Å². The Bertz CT molecular complexity index is 1940. The molecule has 2 atom stereocenters. The van der Waals surface area contributed by atoms with Crippen molar-refractivity contribution in [3.8, 4) is 28.1 Å². The van der Waals surface area contributed by atoms with Gasteiger partial charge in [-0.1, -0.05) is 75.2 Å². The highest BCUT2D eigenvalue weighted by molar-refractivity contribution is 6.35. The molecule has 4 aromatic rings. The topological polar surface area (TPSA) is 107 Å². The predicted octanol–water partition coefficient (Wildman–Crippen LogP) is 8.30. The van der Waals surface area contributed by atoms with Crippen LogP contribution in [0.1, 0.15) is 56.3 Å². The highest BCUT2D eigenvalue weighted by Gasteiger charge is 2.34. The number of carbonyl (C=O) groups is 2. The number of H-pyrrole nitrogens is 1. The molecule has 10 nitrogen and oxygen atoms in total. The molecule has 0 saturated carbocycles. The first kappa shape index (κ1) is 37.4. The van der Waals surface area contributed by atoms with Crippen molar-refractivity contribution in [2.75, 3.05) is 50.0 Å². The maximum atomic E-state index is 13.6. The number of hydrogen-bond donors (Lipinski definition) is 2. The second-order valence-electron chi connectivity index (χ2n) is 14.4. The summed E-state index contributed by atoms with van der Waals surface area (Å²) in [6.45, 7) is 11.1. The quantitative estimate of drug-likeness (QED) is 0.195. The molecule has 2 aliphatic heterocycles. The first-order chi connectivity index (χ1) is 24.5. The van der Waals surface area contributed by atoms with Gasteiger partial charge in [0, 0.05) is 49.3 Å². The molecule has 4 heterocycles. The van der Waals surface area contributed by atoms with E-state index in [4.69, 9.17) is 28.2 Å². The van der Waals surface area contributed by atoms with Gasteiger partial charge in [0.1, 0.15) is 28.2 Å². The van der Waals surface area contributed by atoms with E-state index in [1.54, 1.807) is 36.4 Å². The molecular formula is C37H40Cl2F3N7O3. The number of piperazine rings is 1. The molecule has 0 spiro atoms. The number of aromatic amines is 1. The monoisotopic (exact) mass is 757 g/mol. The number of halogens is 5. The first-order valence-corrected chi connectivity index (χ1v) is 17.7. The first-order valence-electron chi connectivity index (χ1n) is 16.9. The molecule has 0 aliphatic carbocycles. The van der Waals surface area contributed by atoms with E-state index in [0.29, 0.717) is 65.6 Å². The maximum absolute atomic E-state index is 13.6. The van der Waals surface area contributed by atoms with Crippen molar-refractivity contribution < 1.29 is 27.5 Å². The molecule has 2 amide bonds. The van der Waals surface area contributed by atoms with Gasteiger partial charge in [0.25, 0.3) is 5.91 Å². The Morgan fingerprint density at radius 3 is 2.23 bits per heavy atom. The lowest BCUT2D eigenvalue weighted by Gasteiger charge is -2.38. The van der Waals surface area contributed by atoms with Crippen LogP contribution in [-0.2, 0) is 4.79 Å². The molecule has 2 saturated heterocycles. The van der Waals surface area contributed by atoms with Gasteiger partial charge in [0.15, 0.2) is 0 Å². The van der Waals surface area contributed by atoms with Gasteiger partial charge in [-0.15, -0.1) is 13.2 Å². The van der Waals surface area contributed by atoms with Gasteiger partial charge in [-0.2, -0.15) is 0 Å². The molecule has 2 unspecified atom stereocenters. The predicted molar refractivity (Wildman–Crippen MR) is 196 cm³/mol. The number of aromatic nitrogens is 3. The Morgan fingerprint density at radius 2 is 1.65 bits per heavy atom. The van der Waals surface area contributed by atoms with E-state index in [0.717, 1.165) is 24.9 Å². The summed E-state index contributed by atoms with van der Waals surface area (Å²) in [5, 5.41) is 2.95. The van der Waals surface area contributed by atoms with Crippen LogP contribution in [0.4, 0.5) is 24.7 Å². The standard InChI is InChI=1S/C37H40Cl2F3N7O3/c1-21-16-28(47(5)20-21)33-45-31(32(39)46-33)23-8-6-22(7-9-23)25-17-27(38)26(18-29(25)52-37(40,41)42)34(50)44-24-10-11-30(43-19-24)48-12-14-49(15-13-48)35(51)36(2,3)4/h6-11,17-19,21,28H,12-16,20H2,1-5H3,(H,44,50)(H,45,46).